The summed E-state index contributed by atoms with van der Waals surface area (Å²) in [7, 11) is 0. The molecule has 1 rings (SSSR count). The highest BCUT2D eigenvalue weighted by molar-refractivity contribution is 4.83. The molecular formula is C7H15N. The van der Waals surface area contributed by atoms with Crippen molar-refractivity contribution in [3.63, 3.8) is 0 Å². The number of hydrogen-bond acceptors (Lipinski definition) is 1. The Labute approximate surface area is 51.5 Å². The van der Waals surface area contributed by atoms with E-state index < -0.39 is 0 Å². The summed E-state index contributed by atoms with van der Waals surface area (Å²) in [6, 6.07) is 0.880. The zero-order valence-electron chi connectivity index (χ0n) is 5.78. The van der Waals surface area contributed by atoms with Crippen molar-refractivity contribution in [3.8, 4) is 0 Å². The molecule has 0 aliphatic carbocycles. The predicted molar refractivity (Wildman–Crippen MR) is 35.9 cm³/mol. The highest BCUT2D eigenvalue weighted by Gasteiger charge is 2.21. The second kappa shape index (κ2) is 2.49. The molecule has 1 aliphatic rings. The lowest BCUT2D eigenvalue weighted by Gasteiger charge is -2.03. The first-order chi connectivity index (χ1) is 3.83. The molecule has 1 aliphatic heterocycles. The lowest BCUT2D eigenvalue weighted by molar-refractivity contribution is 0.512. The van der Waals surface area contributed by atoms with Crippen molar-refractivity contribution in [2.24, 2.45) is 5.92 Å². The van der Waals surface area contributed by atoms with Crippen molar-refractivity contribution >= 4 is 0 Å². The molecule has 0 amide bonds. The van der Waals surface area contributed by atoms with E-state index in [1.807, 2.05) is 0 Å². The highest BCUT2D eigenvalue weighted by Crippen LogP contribution is 2.14. The maximum atomic E-state index is 3.30. The molecule has 1 nitrogen and oxygen atoms in total. The molecule has 0 spiro atoms. The van der Waals surface area contributed by atoms with Crippen molar-refractivity contribution in [2.75, 3.05) is 6.54 Å². The van der Waals surface area contributed by atoms with Gasteiger partial charge in [0.05, 0.1) is 0 Å². The van der Waals surface area contributed by atoms with E-state index >= 15 is 0 Å². The molecule has 8 heavy (non-hydrogen) atoms. The summed E-state index contributed by atoms with van der Waals surface area (Å²) in [4.78, 5) is 0. The zero-order valence-corrected chi connectivity index (χ0v) is 5.78. The summed E-state index contributed by atoms with van der Waals surface area (Å²) in [6.45, 7) is 5.84. The Kier molecular flexibility index (Phi) is 1.90. The Morgan fingerprint density at radius 3 is 2.75 bits per heavy atom. The molecule has 0 radical (unpaired) electrons. The van der Waals surface area contributed by atoms with Crippen molar-refractivity contribution in [1.29, 1.82) is 0 Å². The van der Waals surface area contributed by atoms with Gasteiger partial charge in [-0.05, 0) is 12.3 Å². The molecule has 1 saturated heterocycles. The Balaban J connectivity index is 1.98. The first kappa shape index (κ1) is 6.09. The van der Waals surface area contributed by atoms with Crippen LogP contribution in [-0.4, -0.2) is 12.6 Å². The van der Waals surface area contributed by atoms with Crippen LogP contribution in [0.1, 0.15) is 26.7 Å². The molecular weight excluding hydrogens is 98.1 g/mol. The summed E-state index contributed by atoms with van der Waals surface area (Å²) < 4.78 is 0. The Morgan fingerprint density at radius 2 is 2.38 bits per heavy atom. The van der Waals surface area contributed by atoms with E-state index in [4.69, 9.17) is 0 Å². The minimum atomic E-state index is 0.880. The first-order valence-corrected chi connectivity index (χ1v) is 3.56. The Bertz CT molecular complexity index is 66.8. The van der Waals surface area contributed by atoms with Crippen LogP contribution in [0.4, 0.5) is 0 Å². The van der Waals surface area contributed by atoms with Gasteiger partial charge in [-0.25, -0.2) is 0 Å². The molecule has 1 heteroatoms. The van der Waals surface area contributed by atoms with E-state index in [-0.39, 0.29) is 0 Å². The van der Waals surface area contributed by atoms with Gasteiger partial charge < -0.3 is 5.32 Å². The fourth-order valence-corrected chi connectivity index (χ4v) is 0.902. The van der Waals surface area contributed by atoms with Crippen molar-refractivity contribution < 1.29 is 0 Å². The number of nitrogens with one attached hydrogen (secondary N) is 1. The third-order valence-electron chi connectivity index (χ3n) is 1.88. The fraction of sp³-hybridized carbons (Fsp3) is 1.00. The van der Waals surface area contributed by atoms with Crippen molar-refractivity contribution in [3.05, 3.63) is 0 Å². The molecule has 1 fully saturated rings. The van der Waals surface area contributed by atoms with E-state index in [1.165, 1.54) is 19.4 Å². The van der Waals surface area contributed by atoms with Crippen LogP contribution in [0, 0.1) is 5.92 Å². The average Bonchev–Trinajstić information content (AvgIpc) is 2.50. The van der Waals surface area contributed by atoms with E-state index in [9.17, 15) is 0 Å². The minimum Gasteiger partial charge on any atom is -0.311 e. The predicted octanol–water partition coefficient (Wildman–Crippen LogP) is 1.39. The van der Waals surface area contributed by atoms with Gasteiger partial charge in [-0.2, -0.15) is 0 Å². The van der Waals surface area contributed by atoms with E-state index in [2.05, 4.69) is 19.2 Å². The van der Waals surface area contributed by atoms with Crippen LogP contribution in [0.3, 0.4) is 0 Å². The van der Waals surface area contributed by atoms with E-state index in [1.54, 1.807) is 0 Å². The third kappa shape index (κ3) is 1.83. The van der Waals surface area contributed by atoms with E-state index in [0.717, 1.165) is 12.0 Å². The number of hydrogen-bond donors (Lipinski definition) is 1. The van der Waals surface area contributed by atoms with Gasteiger partial charge in [0.15, 0.2) is 0 Å². The first-order valence-electron chi connectivity index (χ1n) is 3.56. The summed E-state index contributed by atoms with van der Waals surface area (Å²) >= 11 is 0. The SMILES string of the molecule is CCC(C)CC1CN1. The quantitative estimate of drug-likeness (QED) is 0.549. The monoisotopic (exact) mass is 113 g/mol. The largest absolute Gasteiger partial charge is 0.311 e. The van der Waals surface area contributed by atoms with Gasteiger partial charge in [0.2, 0.25) is 0 Å². The molecule has 0 bridgehead atoms. The van der Waals surface area contributed by atoms with Gasteiger partial charge in [-0.1, -0.05) is 20.3 Å². The molecule has 2 atom stereocenters. The topological polar surface area (TPSA) is 21.9 Å². The van der Waals surface area contributed by atoms with Crippen LogP contribution in [-0.2, 0) is 0 Å². The van der Waals surface area contributed by atoms with Crippen molar-refractivity contribution in [1.82, 2.24) is 5.32 Å². The second-order valence-electron chi connectivity index (χ2n) is 2.85. The third-order valence-corrected chi connectivity index (χ3v) is 1.88. The van der Waals surface area contributed by atoms with Crippen LogP contribution < -0.4 is 5.32 Å². The molecule has 1 heterocycles. The second-order valence-corrected chi connectivity index (χ2v) is 2.85. The molecule has 1 N–H and O–H groups in total. The lowest BCUT2D eigenvalue weighted by Crippen LogP contribution is -1.99. The normalized spacial score (nSPS) is 30.0. The minimum absolute atomic E-state index is 0.880. The van der Waals surface area contributed by atoms with E-state index in [0.29, 0.717) is 0 Å². The maximum absolute atomic E-state index is 3.30. The smallest absolute Gasteiger partial charge is 0.0195 e. The lowest BCUT2D eigenvalue weighted by atomic mass is 10.0. The summed E-state index contributed by atoms with van der Waals surface area (Å²) in [6.07, 6.45) is 2.72. The highest BCUT2D eigenvalue weighted by atomic mass is 15.1. The molecule has 0 aromatic rings. The van der Waals surface area contributed by atoms with Gasteiger partial charge in [0.1, 0.15) is 0 Å². The van der Waals surface area contributed by atoms with Crippen LogP contribution in [0.2, 0.25) is 0 Å². The zero-order chi connectivity index (χ0) is 5.98. The standard InChI is InChI=1S/C7H15N/c1-3-6(2)4-7-5-8-7/h6-8H,3-5H2,1-2H3. The van der Waals surface area contributed by atoms with Crippen LogP contribution >= 0.6 is 0 Å². The summed E-state index contributed by atoms with van der Waals surface area (Å²) in [5.74, 6) is 0.926. The molecule has 0 aromatic heterocycles. The van der Waals surface area contributed by atoms with Gasteiger partial charge >= 0.3 is 0 Å². The molecule has 0 saturated carbocycles. The van der Waals surface area contributed by atoms with Gasteiger partial charge in [-0.15, -0.1) is 0 Å². The molecule has 48 valence electrons. The van der Waals surface area contributed by atoms with Crippen molar-refractivity contribution in [2.45, 2.75) is 32.7 Å². The fourth-order valence-electron chi connectivity index (χ4n) is 0.902. The van der Waals surface area contributed by atoms with Gasteiger partial charge in [0, 0.05) is 12.6 Å². The summed E-state index contributed by atoms with van der Waals surface area (Å²) in [5, 5.41) is 3.30. The van der Waals surface area contributed by atoms with Gasteiger partial charge in [-0.3, -0.25) is 0 Å². The average molecular weight is 113 g/mol. The Morgan fingerprint density at radius 1 is 1.75 bits per heavy atom. The van der Waals surface area contributed by atoms with Gasteiger partial charge in [0.25, 0.3) is 0 Å². The van der Waals surface area contributed by atoms with Crippen LogP contribution in [0.15, 0.2) is 0 Å². The molecule has 2 unspecified atom stereocenters. The summed E-state index contributed by atoms with van der Waals surface area (Å²) in [5.41, 5.74) is 0. The number of rotatable bonds is 3. The van der Waals surface area contributed by atoms with Crippen LogP contribution in [0.25, 0.3) is 0 Å². The molecule has 0 aromatic carbocycles. The Hall–Kier alpha value is -0.0400. The van der Waals surface area contributed by atoms with Crippen LogP contribution in [0.5, 0.6) is 0 Å². The maximum Gasteiger partial charge on any atom is 0.0195 e.